The minimum absolute atomic E-state index is 0.419. The van der Waals surface area contributed by atoms with Gasteiger partial charge in [-0.2, -0.15) is 13.2 Å². The summed E-state index contributed by atoms with van der Waals surface area (Å²) >= 11 is 1.25. The predicted octanol–water partition coefficient (Wildman–Crippen LogP) is 3.24. The van der Waals surface area contributed by atoms with Crippen LogP contribution < -0.4 is 0 Å². The van der Waals surface area contributed by atoms with Gasteiger partial charge in [0.2, 0.25) is 0 Å². The summed E-state index contributed by atoms with van der Waals surface area (Å²) in [4.78, 5) is 4.41. The van der Waals surface area contributed by atoms with E-state index in [1.54, 1.807) is 5.51 Å². The molecule has 0 fully saturated rings. The second kappa shape index (κ2) is 4.46. The Hall–Kier alpha value is -1.40. The van der Waals surface area contributed by atoms with Crippen molar-refractivity contribution in [2.24, 2.45) is 0 Å². The molecule has 0 bridgehead atoms. The normalized spacial score (nSPS) is 13.6. The maximum absolute atomic E-state index is 12.3. The summed E-state index contributed by atoms with van der Waals surface area (Å²) in [5.74, 6) is 0. The first-order chi connectivity index (χ1) is 7.98. The van der Waals surface area contributed by atoms with E-state index in [0.717, 1.165) is 12.1 Å². The van der Waals surface area contributed by atoms with Gasteiger partial charge in [-0.1, -0.05) is 12.1 Å². The molecule has 0 saturated heterocycles. The minimum Gasteiger partial charge on any atom is -0.383 e. The highest BCUT2D eigenvalue weighted by atomic mass is 32.1. The highest BCUT2D eigenvalue weighted by molar-refractivity contribution is 7.09. The molecular weight excluding hydrogens is 251 g/mol. The second-order valence-electron chi connectivity index (χ2n) is 3.43. The number of aromatic nitrogens is 1. The Morgan fingerprint density at radius 2 is 1.82 bits per heavy atom. The molecule has 1 unspecified atom stereocenters. The summed E-state index contributed by atoms with van der Waals surface area (Å²) in [5.41, 5.74) is 1.25. The van der Waals surface area contributed by atoms with Crippen molar-refractivity contribution in [1.29, 1.82) is 0 Å². The molecule has 0 saturated carbocycles. The van der Waals surface area contributed by atoms with Gasteiger partial charge >= 0.3 is 6.18 Å². The van der Waals surface area contributed by atoms with Crippen LogP contribution in [-0.2, 0) is 6.18 Å². The van der Waals surface area contributed by atoms with Crippen LogP contribution in [0.3, 0.4) is 0 Å². The first kappa shape index (κ1) is 12.1. The van der Waals surface area contributed by atoms with E-state index in [1.807, 2.05) is 0 Å². The topological polar surface area (TPSA) is 33.1 Å². The van der Waals surface area contributed by atoms with Crippen LogP contribution >= 0.6 is 11.3 Å². The summed E-state index contributed by atoms with van der Waals surface area (Å²) in [6.45, 7) is 0. The van der Waals surface area contributed by atoms with Crippen LogP contribution in [0.2, 0.25) is 0 Å². The molecule has 2 nitrogen and oxygen atoms in total. The van der Waals surface area contributed by atoms with Gasteiger partial charge in [0, 0.05) is 6.20 Å². The third-order valence-corrected chi connectivity index (χ3v) is 3.10. The summed E-state index contributed by atoms with van der Waals surface area (Å²) in [6.07, 6.45) is -3.79. The van der Waals surface area contributed by atoms with Crippen LogP contribution in [0.5, 0.6) is 0 Å². The van der Waals surface area contributed by atoms with Gasteiger partial charge < -0.3 is 5.11 Å². The average molecular weight is 259 g/mol. The number of hydrogen-bond acceptors (Lipinski definition) is 3. The van der Waals surface area contributed by atoms with E-state index in [0.29, 0.717) is 10.4 Å². The molecular formula is C11H8F3NOS. The molecule has 1 aromatic carbocycles. The quantitative estimate of drug-likeness (QED) is 0.898. The van der Waals surface area contributed by atoms with E-state index >= 15 is 0 Å². The van der Waals surface area contributed by atoms with Crippen molar-refractivity contribution in [3.05, 3.63) is 52.0 Å². The van der Waals surface area contributed by atoms with Crippen molar-refractivity contribution in [1.82, 2.24) is 4.98 Å². The van der Waals surface area contributed by atoms with E-state index in [-0.39, 0.29) is 0 Å². The standard InChI is InChI=1S/C11H8F3NOS/c12-11(13,14)8-3-1-7(2-4-8)10(16)9-5-15-6-17-9/h1-6,10,16H. The number of halogens is 3. The molecule has 1 atom stereocenters. The minimum atomic E-state index is -4.35. The highest BCUT2D eigenvalue weighted by Crippen LogP contribution is 2.31. The van der Waals surface area contributed by atoms with Crippen molar-refractivity contribution in [3.8, 4) is 0 Å². The molecule has 2 aromatic rings. The third kappa shape index (κ3) is 2.65. The van der Waals surface area contributed by atoms with E-state index in [1.165, 1.54) is 29.7 Å². The van der Waals surface area contributed by atoms with Crippen molar-refractivity contribution in [2.75, 3.05) is 0 Å². The molecule has 1 N–H and O–H groups in total. The molecule has 90 valence electrons. The van der Waals surface area contributed by atoms with Crippen LogP contribution in [0.4, 0.5) is 13.2 Å². The monoisotopic (exact) mass is 259 g/mol. The Morgan fingerprint density at radius 1 is 1.18 bits per heavy atom. The summed E-state index contributed by atoms with van der Waals surface area (Å²) in [7, 11) is 0. The third-order valence-electron chi connectivity index (χ3n) is 2.27. The van der Waals surface area contributed by atoms with Crippen LogP contribution in [-0.4, -0.2) is 10.1 Å². The largest absolute Gasteiger partial charge is 0.416 e. The average Bonchev–Trinajstić information content (AvgIpc) is 2.80. The molecule has 17 heavy (non-hydrogen) atoms. The number of thiazole rings is 1. The smallest absolute Gasteiger partial charge is 0.383 e. The molecule has 1 aromatic heterocycles. The lowest BCUT2D eigenvalue weighted by Gasteiger charge is -2.10. The lowest BCUT2D eigenvalue weighted by Crippen LogP contribution is -2.05. The van der Waals surface area contributed by atoms with Gasteiger partial charge in [-0.05, 0) is 17.7 Å². The summed E-state index contributed by atoms with van der Waals surface area (Å²) < 4.78 is 37.0. The van der Waals surface area contributed by atoms with Crippen molar-refractivity contribution >= 4 is 11.3 Å². The number of nitrogens with zero attached hydrogens (tertiary/aromatic N) is 1. The van der Waals surface area contributed by atoms with Crippen LogP contribution in [0.1, 0.15) is 22.1 Å². The van der Waals surface area contributed by atoms with E-state index in [4.69, 9.17) is 0 Å². The fourth-order valence-corrected chi connectivity index (χ4v) is 2.01. The summed E-state index contributed by atoms with van der Waals surface area (Å²) in [6, 6.07) is 4.46. The predicted molar refractivity (Wildman–Crippen MR) is 57.6 cm³/mol. The molecule has 2 rings (SSSR count). The van der Waals surface area contributed by atoms with Gasteiger partial charge in [0.05, 0.1) is 16.0 Å². The molecule has 0 aliphatic heterocycles. The molecule has 0 radical (unpaired) electrons. The van der Waals surface area contributed by atoms with Crippen molar-refractivity contribution in [2.45, 2.75) is 12.3 Å². The Labute approximate surface area is 99.4 Å². The van der Waals surface area contributed by atoms with Crippen molar-refractivity contribution < 1.29 is 18.3 Å². The Balaban J connectivity index is 2.24. The van der Waals surface area contributed by atoms with Gasteiger partial charge in [-0.15, -0.1) is 11.3 Å². The molecule has 6 heteroatoms. The number of hydrogen-bond donors (Lipinski definition) is 1. The molecule has 0 aliphatic carbocycles. The molecule has 0 aliphatic rings. The maximum Gasteiger partial charge on any atom is 0.416 e. The number of aliphatic hydroxyl groups is 1. The van der Waals surface area contributed by atoms with Crippen LogP contribution in [0, 0.1) is 0 Å². The van der Waals surface area contributed by atoms with Crippen molar-refractivity contribution in [3.63, 3.8) is 0 Å². The lowest BCUT2D eigenvalue weighted by atomic mass is 10.1. The van der Waals surface area contributed by atoms with Gasteiger partial charge in [0.1, 0.15) is 6.10 Å². The van der Waals surface area contributed by atoms with Gasteiger partial charge in [0.25, 0.3) is 0 Å². The zero-order valence-corrected chi connectivity index (χ0v) is 9.29. The Morgan fingerprint density at radius 3 is 2.29 bits per heavy atom. The van der Waals surface area contributed by atoms with Crippen LogP contribution in [0.15, 0.2) is 36.0 Å². The fraction of sp³-hybridized carbons (Fsp3) is 0.182. The lowest BCUT2D eigenvalue weighted by molar-refractivity contribution is -0.137. The van der Waals surface area contributed by atoms with Gasteiger partial charge in [0.15, 0.2) is 0 Å². The van der Waals surface area contributed by atoms with E-state index in [9.17, 15) is 18.3 Å². The maximum atomic E-state index is 12.3. The number of benzene rings is 1. The first-order valence-corrected chi connectivity index (χ1v) is 5.60. The Kier molecular flexibility index (Phi) is 3.17. The van der Waals surface area contributed by atoms with Gasteiger partial charge in [-0.25, -0.2) is 0 Å². The zero-order valence-electron chi connectivity index (χ0n) is 8.48. The number of aliphatic hydroxyl groups excluding tert-OH is 1. The van der Waals surface area contributed by atoms with Gasteiger partial charge in [-0.3, -0.25) is 4.98 Å². The number of rotatable bonds is 2. The molecule has 0 amide bonds. The second-order valence-corrected chi connectivity index (χ2v) is 4.34. The van der Waals surface area contributed by atoms with E-state index < -0.39 is 17.8 Å². The molecule has 1 heterocycles. The SMILES string of the molecule is OC(c1ccc(C(F)(F)F)cc1)c1cncs1. The Bertz CT molecular complexity index is 478. The van der Waals surface area contributed by atoms with Crippen LogP contribution in [0.25, 0.3) is 0 Å². The summed E-state index contributed by atoms with van der Waals surface area (Å²) in [5, 5.41) is 9.86. The zero-order chi connectivity index (χ0) is 12.5. The van der Waals surface area contributed by atoms with E-state index in [2.05, 4.69) is 4.98 Å². The fourth-order valence-electron chi connectivity index (χ4n) is 1.38. The number of alkyl halides is 3. The first-order valence-electron chi connectivity index (χ1n) is 4.72. The molecule has 0 spiro atoms. The highest BCUT2D eigenvalue weighted by Gasteiger charge is 2.30.